The maximum atomic E-state index is 13.5. The lowest BCUT2D eigenvalue weighted by atomic mass is 9.84. The number of nitrogens with one attached hydrogen (secondary N) is 3. The minimum atomic E-state index is -0.701. The zero-order valence-corrected chi connectivity index (χ0v) is 24.1. The minimum Gasteiger partial charge on any atom is -0.508 e. The molecule has 0 fully saturated rings. The summed E-state index contributed by atoms with van der Waals surface area (Å²) in [5, 5.41) is 16.5. The molecule has 0 bridgehead atoms. The Morgan fingerprint density at radius 3 is 2.38 bits per heavy atom. The molecule has 0 radical (unpaired) electrons. The normalized spacial score (nSPS) is 13.1. The van der Waals surface area contributed by atoms with Crippen molar-refractivity contribution >= 4 is 11.9 Å². The lowest BCUT2D eigenvalue weighted by Gasteiger charge is -2.26. The van der Waals surface area contributed by atoms with Gasteiger partial charge in [-0.25, -0.2) is 0 Å². The largest absolute Gasteiger partial charge is 0.508 e. The van der Waals surface area contributed by atoms with Gasteiger partial charge in [-0.15, -0.1) is 0 Å². The fourth-order valence-electron chi connectivity index (χ4n) is 4.40. The maximum Gasteiger partial charge on any atom is 0.320 e. The molecule has 0 saturated carbocycles. The van der Waals surface area contributed by atoms with Crippen molar-refractivity contribution in [2.45, 2.75) is 72.1 Å². The van der Waals surface area contributed by atoms with Gasteiger partial charge in [0, 0.05) is 11.8 Å². The SMILES string of the molecule is Cc1cc(=O)nc(C(Cc2ccc(O)c(C(C)(C)C)c2)NC(=O)C(NCC(=O)OCc2ccccc2)C(C)C)[nH]1. The number of ether oxygens (including phenoxy) is 1. The summed E-state index contributed by atoms with van der Waals surface area (Å²) in [6.07, 6.45) is 0.325. The number of phenols is 1. The number of amides is 1. The quantitative estimate of drug-likeness (QED) is 0.268. The Kier molecular flexibility index (Phi) is 10.2. The molecule has 1 amide bonds. The van der Waals surface area contributed by atoms with E-state index in [2.05, 4.69) is 20.6 Å². The highest BCUT2D eigenvalue weighted by Gasteiger charge is 2.28. The van der Waals surface area contributed by atoms with Crippen molar-refractivity contribution in [2.75, 3.05) is 6.54 Å². The molecular weight excluding hydrogens is 508 g/mol. The number of benzene rings is 2. The molecule has 4 N–H and O–H groups in total. The van der Waals surface area contributed by atoms with E-state index in [-0.39, 0.29) is 36.1 Å². The lowest BCUT2D eigenvalue weighted by molar-refractivity contribution is -0.144. The van der Waals surface area contributed by atoms with Gasteiger partial charge in [-0.2, -0.15) is 4.98 Å². The summed E-state index contributed by atoms with van der Waals surface area (Å²) in [6.45, 7) is 11.5. The number of nitrogens with zero attached hydrogens (tertiary/aromatic N) is 1. The second kappa shape index (κ2) is 13.4. The summed E-state index contributed by atoms with van der Waals surface area (Å²) in [4.78, 5) is 45.4. The number of aryl methyl sites for hydroxylation is 1. The highest BCUT2D eigenvalue weighted by Crippen LogP contribution is 2.32. The van der Waals surface area contributed by atoms with Gasteiger partial charge in [-0.05, 0) is 47.4 Å². The summed E-state index contributed by atoms with van der Waals surface area (Å²) >= 11 is 0. The van der Waals surface area contributed by atoms with E-state index in [9.17, 15) is 19.5 Å². The fraction of sp³-hybridized carbons (Fsp3) is 0.419. The standard InChI is InChI=1S/C31H40N4O5/c1-19(2)28(32-17-27(38)40-18-21-10-8-7-9-11-21)30(39)34-24(29-33-20(3)14-26(37)35-29)16-22-12-13-25(36)23(15-22)31(4,5)6/h7-15,19,24,28,32,36H,16-18H2,1-6H3,(H,34,39)(H,33,35,37). The molecule has 9 heteroatoms. The van der Waals surface area contributed by atoms with Crippen LogP contribution >= 0.6 is 0 Å². The molecule has 2 atom stereocenters. The second-order valence-corrected chi connectivity index (χ2v) is 11.4. The van der Waals surface area contributed by atoms with E-state index in [4.69, 9.17) is 4.74 Å². The van der Waals surface area contributed by atoms with E-state index in [0.29, 0.717) is 17.9 Å². The van der Waals surface area contributed by atoms with E-state index >= 15 is 0 Å². The predicted molar refractivity (Wildman–Crippen MR) is 154 cm³/mol. The van der Waals surface area contributed by atoms with Crippen LogP contribution in [0.4, 0.5) is 0 Å². The van der Waals surface area contributed by atoms with Crippen molar-refractivity contribution in [3.63, 3.8) is 0 Å². The van der Waals surface area contributed by atoms with Crippen molar-refractivity contribution in [2.24, 2.45) is 5.92 Å². The zero-order valence-electron chi connectivity index (χ0n) is 24.1. The van der Waals surface area contributed by atoms with Crippen LogP contribution < -0.4 is 16.2 Å². The second-order valence-electron chi connectivity index (χ2n) is 11.4. The van der Waals surface area contributed by atoms with E-state index in [1.54, 1.807) is 19.1 Å². The van der Waals surface area contributed by atoms with Crippen molar-refractivity contribution < 1.29 is 19.4 Å². The number of phenolic OH excluding ortho intramolecular Hbond substituents is 1. The van der Waals surface area contributed by atoms with Crippen LogP contribution in [0.25, 0.3) is 0 Å². The van der Waals surface area contributed by atoms with Gasteiger partial charge in [0.15, 0.2) is 0 Å². The Hall–Kier alpha value is -3.98. The summed E-state index contributed by atoms with van der Waals surface area (Å²) < 4.78 is 5.34. The van der Waals surface area contributed by atoms with Crippen molar-refractivity contribution in [3.05, 3.63) is 93.2 Å². The van der Waals surface area contributed by atoms with E-state index < -0.39 is 23.6 Å². The highest BCUT2D eigenvalue weighted by atomic mass is 16.5. The molecule has 2 unspecified atom stereocenters. The van der Waals surface area contributed by atoms with Gasteiger partial charge in [-0.1, -0.05) is 77.1 Å². The molecule has 0 aliphatic carbocycles. The van der Waals surface area contributed by atoms with Crippen molar-refractivity contribution in [1.82, 2.24) is 20.6 Å². The van der Waals surface area contributed by atoms with Crippen molar-refractivity contribution in [3.8, 4) is 5.75 Å². The first-order valence-electron chi connectivity index (χ1n) is 13.5. The van der Waals surface area contributed by atoms with Crippen LogP contribution in [0.5, 0.6) is 5.75 Å². The molecule has 3 aromatic rings. The molecule has 2 aromatic carbocycles. The van der Waals surface area contributed by atoms with Crippen LogP contribution in [0.15, 0.2) is 59.4 Å². The van der Waals surface area contributed by atoms with Crippen LogP contribution in [0, 0.1) is 12.8 Å². The van der Waals surface area contributed by atoms with Gasteiger partial charge in [0.2, 0.25) is 5.91 Å². The third-order valence-electron chi connectivity index (χ3n) is 6.51. The van der Waals surface area contributed by atoms with Gasteiger partial charge in [0.25, 0.3) is 5.56 Å². The highest BCUT2D eigenvalue weighted by molar-refractivity contribution is 5.83. The number of hydrogen-bond donors (Lipinski definition) is 4. The Labute approximate surface area is 235 Å². The zero-order chi connectivity index (χ0) is 29.4. The third-order valence-corrected chi connectivity index (χ3v) is 6.51. The first-order chi connectivity index (χ1) is 18.8. The Morgan fingerprint density at radius 2 is 1.75 bits per heavy atom. The summed E-state index contributed by atoms with van der Waals surface area (Å²) in [7, 11) is 0. The van der Waals surface area contributed by atoms with Crippen LogP contribution in [0.2, 0.25) is 0 Å². The topological polar surface area (TPSA) is 133 Å². The molecule has 40 heavy (non-hydrogen) atoms. The van der Waals surface area contributed by atoms with Gasteiger partial charge in [0.1, 0.15) is 18.2 Å². The molecule has 1 aromatic heterocycles. The number of H-pyrrole nitrogens is 1. The molecule has 0 aliphatic rings. The van der Waals surface area contributed by atoms with Gasteiger partial charge >= 0.3 is 5.97 Å². The number of esters is 1. The monoisotopic (exact) mass is 548 g/mol. The van der Waals surface area contributed by atoms with Crippen LogP contribution in [-0.4, -0.2) is 39.5 Å². The van der Waals surface area contributed by atoms with Gasteiger partial charge < -0.3 is 20.1 Å². The van der Waals surface area contributed by atoms with Gasteiger partial charge in [0.05, 0.1) is 18.6 Å². The first-order valence-corrected chi connectivity index (χ1v) is 13.5. The van der Waals surface area contributed by atoms with Crippen molar-refractivity contribution in [1.29, 1.82) is 0 Å². The van der Waals surface area contributed by atoms with Crippen LogP contribution in [0.3, 0.4) is 0 Å². The fourth-order valence-corrected chi connectivity index (χ4v) is 4.40. The lowest BCUT2D eigenvalue weighted by Crippen LogP contribution is -2.50. The number of aromatic nitrogens is 2. The smallest absolute Gasteiger partial charge is 0.320 e. The Bertz CT molecular complexity index is 1360. The third kappa shape index (κ3) is 8.77. The molecular formula is C31H40N4O5. The van der Waals surface area contributed by atoms with E-state index in [1.165, 1.54) is 6.07 Å². The number of hydrogen-bond acceptors (Lipinski definition) is 7. The molecule has 1 heterocycles. The average Bonchev–Trinajstić information content (AvgIpc) is 2.87. The molecule has 9 nitrogen and oxygen atoms in total. The molecule has 0 aliphatic heterocycles. The van der Waals surface area contributed by atoms with Gasteiger partial charge in [-0.3, -0.25) is 19.7 Å². The number of rotatable bonds is 11. The minimum absolute atomic E-state index is 0.139. The summed E-state index contributed by atoms with van der Waals surface area (Å²) in [5.74, 6) is -0.430. The molecule has 0 spiro atoms. The predicted octanol–water partition coefficient (Wildman–Crippen LogP) is 3.84. The molecule has 3 rings (SSSR count). The molecule has 214 valence electrons. The first kappa shape index (κ1) is 30.6. The number of aromatic amines is 1. The summed E-state index contributed by atoms with van der Waals surface area (Å²) in [5.41, 5.74) is 2.42. The maximum absolute atomic E-state index is 13.5. The molecule has 0 saturated heterocycles. The Morgan fingerprint density at radius 1 is 1.05 bits per heavy atom. The van der Waals surface area contributed by atoms with Crippen LogP contribution in [-0.2, 0) is 32.8 Å². The Balaban J connectivity index is 1.78. The van der Waals surface area contributed by atoms with E-state index in [0.717, 1.165) is 16.7 Å². The summed E-state index contributed by atoms with van der Waals surface area (Å²) in [6, 6.07) is 14.7. The average molecular weight is 549 g/mol. The number of carbonyl (C=O) groups is 2. The number of aromatic hydroxyl groups is 1. The number of carbonyl (C=O) groups excluding carboxylic acids is 2. The van der Waals surface area contributed by atoms with E-state index in [1.807, 2.05) is 71.0 Å². The van der Waals surface area contributed by atoms with Crippen LogP contribution in [0.1, 0.15) is 68.9 Å².